The van der Waals surface area contributed by atoms with E-state index in [1.807, 2.05) is 0 Å². The number of nitrogens with zero attached hydrogens (tertiary/aromatic N) is 1. The quantitative estimate of drug-likeness (QED) is 0.548. The largest absolute Gasteiger partial charge is 0.381 e. The number of anilines is 1. The molecule has 0 amide bonds. The van der Waals surface area contributed by atoms with Crippen LogP contribution in [0.3, 0.4) is 0 Å². The van der Waals surface area contributed by atoms with E-state index in [2.05, 4.69) is 24.2 Å². The van der Waals surface area contributed by atoms with Gasteiger partial charge in [0, 0.05) is 12.1 Å². The van der Waals surface area contributed by atoms with Gasteiger partial charge in [-0.3, -0.25) is 9.59 Å². The maximum absolute atomic E-state index is 11.1. The van der Waals surface area contributed by atoms with Crippen molar-refractivity contribution in [2.45, 2.75) is 26.7 Å². The average Bonchev–Trinajstić information content (AvgIpc) is 2.28. The molecule has 0 atom stereocenters. The van der Waals surface area contributed by atoms with Crippen LogP contribution in [0.4, 0.5) is 5.69 Å². The van der Waals surface area contributed by atoms with Gasteiger partial charge in [0.1, 0.15) is 0 Å². The summed E-state index contributed by atoms with van der Waals surface area (Å²) in [5.41, 5.74) is 0.389. The standard InChI is InChI=1S/C12H20N2O2/c1-4-7-14(3)8-5-6-13-10-9(2)11(15)12(10)16/h13H,4-8H2,1-3H3. The molecule has 0 aliphatic heterocycles. The van der Waals surface area contributed by atoms with Crippen molar-refractivity contribution in [3.63, 3.8) is 0 Å². The first-order valence-corrected chi connectivity index (χ1v) is 5.80. The first kappa shape index (κ1) is 12.9. The van der Waals surface area contributed by atoms with Crippen molar-refractivity contribution in [1.82, 2.24) is 4.90 Å². The second kappa shape index (κ2) is 5.80. The third-order valence-electron chi connectivity index (χ3n) is 2.77. The second-order valence-corrected chi connectivity index (χ2v) is 4.24. The minimum Gasteiger partial charge on any atom is -0.381 e. The SMILES string of the molecule is CCCN(C)CCCNc1c(C)c(=O)c1=O. The van der Waals surface area contributed by atoms with Gasteiger partial charge in [-0.2, -0.15) is 0 Å². The van der Waals surface area contributed by atoms with Gasteiger partial charge in [-0.15, -0.1) is 0 Å². The van der Waals surface area contributed by atoms with Crippen molar-refractivity contribution in [1.29, 1.82) is 0 Å². The monoisotopic (exact) mass is 224 g/mol. The summed E-state index contributed by atoms with van der Waals surface area (Å²) in [7, 11) is 2.09. The Hall–Kier alpha value is -1.16. The van der Waals surface area contributed by atoms with Crippen molar-refractivity contribution in [2.24, 2.45) is 0 Å². The summed E-state index contributed by atoms with van der Waals surface area (Å²) in [5, 5.41) is 3.03. The normalized spacial score (nSPS) is 11.2. The zero-order chi connectivity index (χ0) is 12.1. The predicted octanol–water partition coefficient (Wildman–Crippen LogP) is 0.735. The number of rotatable bonds is 7. The fraction of sp³-hybridized carbons (Fsp3) is 0.667. The van der Waals surface area contributed by atoms with Crippen molar-refractivity contribution < 1.29 is 0 Å². The van der Waals surface area contributed by atoms with E-state index in [4.69, 9.17) is 0 Å². The highest BCUT2D eigenvalue weighted by Crippen LogP contribution is 2.04. The lowest BCUT2D eigenvalue weighted by molar-refractivity contribution is 0.333. The van der Waals surface area contributed by atoms with E-state index in [1.54, 1.807) is 6.92 Å². The lowest BCUT2D eigenvalue weighted by Gasteiger charge is -2.16. The molecule has 0 saturated carbocycles. The molecule has 0 bridgehead atoms. The van der Waals surface area contributed by atoms with Crippen molar-refractivity contribution >= 4 is 5.69 Å². The molecule has 4 heteroatoms. The minimum atomic E-state index is -0.362. The van der Waals surface area contributed by atoms with E-state index in [1.165, 1.54) is 0 Å². The molecule has 0 spiro atoms. The van der Waals surface area contributed by atoms with Crippen LogP contribution in [0.5, 0.6) is 0 Å². The summed E-state index contributed by atoms with van der Waals surface area (Å²) in [6.45, 7) is 6.70. The second-order valence-electron chi connectivity index (χ2n) is 4.24. The third-order valence-corrected chi connectivity index (χ3v) is 2.77. The summed E-state index contributed by atoms with van der Waals surface area (Å²) < 4.78 is 0. The average molecular weight is 224 g/mol. The van der Waals surface area contributed by atoms with Crippen LogP contribution in [0.1, 0.15) is 25.3 Å². The van der Waals surface area contributed by atoms with Gasteiger partial charge in [-0.25, -0.2) is 0 Å². The van der Waals surface area contributed by atoms with Crippen LogP contribution in [0, 0.1) is 6.92 Å². The summed E-state index contributed by atoms with van der Waals surface area (Å²) in [4.78, 5) is 24.3. The van der Waals surface area contributed by atoms with Crippen molar-refractivity contribution in [2.75, 3.05) is 32.0 Å². The van der Waals surface area contributed by atoms with Crippen molar-refractivity contribution in [3.05, 3.63) is 26.0 Å². The summed E-state index contributed by atoms with van der Waals surface area (Å²) >= 11 is 0. The Balaban J connectivity index is 2.22. The van der Waals surface area contributed by atoms with Gasteiger partial charge in [0.25, 0.3) is 0 Å². The topological polar surface area (TPSA) is 49.4 Å². The Morgan fingerprint density at radius 1 is 1.19 bits per heavy atom. The zero-order valence-electron chi connectivity index (χ0n) is 10.3. The highest BCUT2D eigenvalue weighted by atomic mass is 16.2. The van der Waals surface area contributed by atoms with Crippen LogP contribution in [0.2, 0.25) is 0 Å². The fourth-order valence-electron chi connectivity index (χ4n) is 1.77. The van der Waals surface area contributed by atoms with Gasteiger partial charge >= 0.3 is 0 Å². The summed E-state index contributed by atoms with van der Waals surface area (Å²) in [6, 6.07) is 0. The van der Waals surface area contributed by atoms with Crippen LogP contribution < -0.4 is 16.2 Å². The van der Waals surface area contributed by atoms with Crippen LogP contribution in [0.15, 0.2) is 9.59 Å². The molecule has 0 fully saturated rings. The van der Waals surface area contributed by atoms with Gasteiger partial charge in [0.2, 0.25) is 10.9 Å². The molecule has 0 saturated heterocycles. The number of nitrogens with one attached hydrogen (secondary N) is 1. The van der Waals surface area contributed by atoms with Crippen LogP contribution in [0.25, 0.3) is 0 Å². The van der Waals surface area contributed by atoms with Gasteiger partial charge in [0.15, 0.2) is 0 Å². The summed E-state index contributed by atoms with van der Waals surface area (Å²) in [6.07, 6.45) is 2.13. The molecule has 4 nitrogen and oxygen atoms in total. The highest BCUT2D eigenvalue weighted by molar-refractivity contribution is 5.55. The Morgan fingerprint density at radius 3 is 2.44 bits per heavy atom. The lowest BCUT2D eigenvalue weighted by Crippen LogP contribution is -2.37. The summed E-state index contributed by atoms with van der Waals surface area (Å²) in [5.74, 6) is 0. The molecule has 90 valence electrons. The smallest absolute Gasteiger partial charge is 0.249 e. The zero-order valence-corrected chi connectivity index (χ0v) is 10.3. The molecule has 0 aliphatic carbocycles. The molecule has 0 aliphatic rings. The molecule has 1 N–H and O–H groups in total. The predicted molar refractivity (Wildman–Crippen MR) is 67.0 cm³/mol. The van der Waals surface area contributed by atoms with Gasteiger partial charge in [-0.1, -0.05) is 6.92 Å². The third kappa shape index (κ3) is 2.92. The Bertz CT molecular complexity index is 405. The fourth-order valence-corrected chi connectivity index (χ4v) is 1.77. The molecule has 1 aromatic carbocycles. The molecule has 16 heavy (non-hydrogen) atoms. The lowest BCUT2D eigenvalue weighted by atomic mass is 10.1. The van der Waals surface area contributed by atoms with Crippen LogP contribution in [-0.2, 0) is 0 Å². The highest BCUT2D eigenvalue weighted by Gasteiger charge is 2.15. The van der Waals surface area contributed by atoms with Crippen LogP contribution in [-0.4, -0.2) is 31.6 Å². The molecule has 1 aromatic rings. The molecule has 0 aromatic heterocycles. The van der Waals surface area contributed by atoms with E-state index in [0.29, 0.717) is 11.3 Å². The molecular formula is C12H20N2O2. The van der Waals surface area contributed by atoms with E-state index < -0.39 is 0 Å². The molecule has 0 radical (unpaired) electrons. The van der Waals surface area contributed by atoms with E-state index >= 15 is 0 Å². The molecule has 1 rings (SSSR count). The maximum atomic E-state index is 11.1. The number of hydrogen-bond acceptors (Lipinski definition) is 4. The van der Waals surface area contributed by atoms with E-state index in [9.17, 15) is 9.59 Å². The van der Waals surface area contributed by atoms with Crippen LogP contribution >= 0.6 is 0 Å². The first-order chi connectivity index (χ1) is 7.57. The first-order valence-electron chi connectivity index (χ1n) is 5.80. The van der Waals surface area contributed by atoms with Gasteiger partial charge < -0.3 is 10.2 Å². The Kier molecular flexibility index (Phi) is 4.68. The molecule has 0 unspecified atom stereocenters. The van der Waals surface area contributed by atoms with E-state index in [0.717, 1.165) is 32.5 Å². The number of hydrogen-bond donors (Lipinski definition) is 1. The minimum absolute atomic E-state index is 0.342. The molecule has 0 heterocycles. The molecular weight excluding hydrogens is 204 g/mol. The van der Waals surface area contributed by atoms with E-state index in [-0.39, 0.29) is 10.9 Å². The Morgan fingerprint density at radius 2 is 1.88 bits per heavy atom. The van der Waals surface area contributed by atoms with Gasteiger partial charge in [0.05, 0.1) is 5.69 Å². The van der Waals surface area contributed by atoms with Crippen molar-refractivity contribution in [3.8, 4) is 0 Å². The van der Waals surface area contributed by atoms with Gasteiger partial charge in [-0.05, 0) is 39.9 Å². The maximum Gasteiger partial charge on any atom is 0.249 e. The Labute approximate surface area is 96.0 Å².